The Morgan fingerprint density at radius 1 is 0.250 bits per heavy atom. The van der Waals surface area contributed by atoms with Gasteiger partial charge < -0.3 is 54.8 Å². The average molecular weight is 500 g/mol. The number of hydrogen-bond donors (Lipinski definition) is 0. The maximum atomic E-state index is 8.06. The first-order chi connectivity index (χ1) is 6.00. The average Bonchev–Trinajstić information content (AvgIpc) is 2.33. The van der Waals surface area contributed by atoms with Gasteiger partial charge in [-0.25, -0.2) is 0 Å². The van der Waals surface area contributed by atoms with E-state index in [4.69, 9.17) is 26.8 Å². The van der Waals surface area contributed by atoms with Gasteiger partial charge in [0, 0.05) is 0 Å². The summed E-state index contributed by atoms with van der Waals surface area (Å²) in [5.74, 6) is 0. The molecule has 0 atom stereocenters. The van der Waals surface area contributed by atoms with Crippen molar-refractivity contribution in [1.82, 2.24) is 0 Å². The van der Waals surface area contributed by atoms with Crippen LogP contribution < -0.4 is 0 Å². The maximum absolute atomic E-state index is 8.06. The minimum Gasteiger partial charge on any atom is -2.00 e. The van der Waals surface area contributed by atoms with Crippen LogP contribution in [-0.2, 0) is 103 Å². The first-order valence-corrected chi connectivity index (χ1v) is 3.67. The van der Waals surface area contributed by atoms with Crippen molar-refractivity contribution in [3.8, 4) is 0 Å². The molecule has 0 N–H and O–H groups in total. The monoisotopic (exact) mass is 500 g/mol. The zero-order valence-electron chi connectivity index (χ0n) is 10.5. The minimum absolute atomic E-state index is 0. The Bertz CT molecular complexity index is 41.9. The molecule has 0 radical (unpaired) electrons. The molecule has 24 heteroatoms. The zero-order valence-corrected chi connectivity index (χ0v) is 19.1. The van der Waals surface area contributed by atoms with E-state index in [9.17, 15) is 0 Å². The van der Waals surface area contributed by atoms with E-state index in [1.165, 1.54) is 0 Å². The molecular weight excluding hydrogens is 500 g/mol. The second-order valence-corrected chi connectivity index (χ2v) is 0. The van der Waals surface area contributed by atoms with Crippen LogP contribution in [-0.4, -0.2) is 71.7 Å². The van der Waals surface area contributed by atoms with Gasteiger partial charge in [0.15, 0.2) is 0 Å². The molecule has 0 aliphatic rings. The predicted molar refractivity (Wildman–Crippen MR) is 51.3 cm³/mol. The van der Waals surface area contributed by atoms with Gasteiger partial charge in [-0.15, -0.1) is 0 Å². The van der Waals surface area contributed by atoms with Crippen LogP contribution in [0.4, 0.5) is 0 Å². The van der Waals surface area contributed by atoms with Crippen molar-refractivity contribution in [2.75, 3.05) is 0 Å². The zero-order chi connectivity index (χ0) is 12.0. The summed E-state index contributed by atoms with van der Waals surface area (Å²) in [5, 5.41) is 0. The molecule has 0 spiro atoms. The van der Waals surface area contributed by atoms with E-state index in [2.05, 4.69) is 0 Å². The fourth-order valence-electron chi connectivity index (χ4n) is 0. The molecule has 0 amide bonds. The third-order valence-electron chi connectivity index (χ3n) is 0. The van der Waals surface area contributed by atoms with Crippen molar-refractivity contribution in [3.63, 3.8) is 0 Å². The van der Waals surface area contributed by atoms with E-state index in [1.807, 2.05) is 0 Å². The van der Waals surface area contributed by atoms with Gasteiger partial charge in [0.05, 0.1) is 0 Å². The van der Waals surface area contributed by atoms with Gasteiger partial charge in [-0.05, 0) is 0 Å². The molecule has 24 heavy (non-hydrogen) atoms. The van der Waals surface area contributed by atoms with Gasteiger partial charge >= 0.3 is 120 Å². The molecule has 0 heterocycles. The molecular formula is O16Si7Ti. The van der Waals surface area contributed by atoms with Crippen LogP contribution >= 0.6 is 0 Å². The Morgan fingerprint density at radius 2 is 0.250 bits per heavy atom. The Balaban J connectivity index is -0.00000000102. The van der Waals surface area contributed by atoms with Crippen LogP contribution in [0.1, 0.15) is 0 Å². The molecule has 0 aliphatic heterocycles. The second kappa shape index (κ2) is 30300. The smallest absolute Gasteiger partial charge is 2.00 e. The van der Waals surface area contributed by atoms with Crippen LogP contribution in [0.2, 0.25) is 0 Å². The molecule has 0 rings (SSSR count). The van der Waals surface area contributed by atoms with Gasteiger partial charge in [0.25, 0.3) is 0 Å². The molecule has 0 aliphatic carbocycles. The van der Waals surface area contributed by atoms with Gasteiger partial charge in [-0.3, -0.25) is 0 Å². The molecule has 0 unspecified atom stereocenters. The standard InChI is InChI=1S/6OSi.10O.Si.Ti/c6*1-2;;;;;;;;;;;;/q6*+2;10*-2;2*+4. The normalized spacial score (nSPS) is 1.50. The van der Waals surface area contributed by atoms with E-state index in [0.29, 0.717) is 0 Å². The molecule has 0 bridgehead atoms. The Kier molecular flexibility index (Phi) is 394000. The van der Waals surface area contributed by atoms with Crippen LogP contribution in [0.3, 0.4) is 0 Å². The number of hydrogen-bond acceptors (Lipinski definition) is 6. The largest absolute Gasteiger partial charge is 4.00 e. The van der Waals surface area contributed by atoms with E-state index < -0.39 is 0 Å². The van der Waals surface area contributed by atoms with Gasteiger partial charge in [-0.2, -0.15) is 0 Å². The summed E-state index contributed by atoms with van der Waals surface area (Å²) in [6.45, 7) is 0. The van der Waals surface area contributed by atoms with Crippen molar-refractivity contribution >= 4 is 71.7 Å². The number of rotatable bonds is 0. The fraction of sp³-hybridized carbons (Fsp3) is 0. The first-order valence-electron chi connectivity index (χ1n) is 1.22. The summed E-state index contributed by atoms with van der Waals surface area (Å²) in [5.41, 5.74) is 0. The molecule has 0 saturated heterocycles. The van der Waals surface area contributed by atoms with Crippen LogP contribution in [0.5, 0.6) is 0 Å². The summed E-state index contributed by atoms with van der Waals surface area (Å²) < 4.78 is 48.3. The summed E-state index contributed by atoms with van der Waals surface area (Å²) >= 11 is 0. The van der Waals surface area contributed by atoms with Gasteiger partial charge in [0.2, 0.25) is 0 Å². The Hall–Kier alpha value is 0.632. The van der Waals surface area contributed by atoms with Gasteiger partial charge in [0.1, 0.15) is 0 Å². The summed E-state index contributed by atoms with van der Waals surface area (Å²) in [6.07, 6.45) is 0. The van der Waals surface area contributed by atoms with Crippen LogP contribution in [0.25, 0.3) is 0 Å². The fourth-order valence-corrected chi connectivity index (χ4v) is 0. The van der Waals surface area contributed by atoms with E-state index >= 15 is 0 Å². The molecule has 0 aromatic heterocycles. The molecule has 128 valence electrons. The van der Waals surface area contributed by atoms with Crippen molar-refractivity contribution in [3.05, 3.63) is 0 Å². The van der Waals surface area contributed by atoms with Crippen molar-refractivity contribution in [2.45, 2.75) is 0 Å². The Labute approximate surface area is 174 Å². The molecule has 0 aromatic carbocycles. The molecule has 0 fully saturated rings. The predicted octanol–water partition coefficient (Wildman–Crippen LogP) is -4.57. The third-order valence-corrected chi connectivity index (χ3v) is 0. The van der Waals surface area contributed by atoms with E-state index in [-0.39, 0.29) is 87.4 Å². The second-order valence-electron chi connectivity index (χ2n) is 0. The van der Waals surface area contributed by atoms with Crippen molar-refractivity contribution < 1.29 is 103 Å². The molecule has 16 nitrogen and oxygen atoms in total. The quantitative estimate of drug-likeness (QED) is 0.294. The Morgan fingerprint density at radius 3 is 0.250 bits per heavy atom. The summed E-state index contributed by atoms with van der Waals surface area (Å²) in [6, 6.07) is 0. The van der Waals surface area contributed by atoms with Crippen molar-refractivity contribution in [2.24, 2.45) is 0 Å². The third kappa shape index (κ3) is 26500. The topological polar surface area (TPSA) is 387 Å². The first kappa shape index (κ1) is 313. The maximum Gasteiger partial charge on any atom is 4.00 e. The molecule has 0 saturated carbocycles. The SMILES string of the molecule is O=[Si+2].O=[Si+2].O=[Si+2].O=[Si+2].O=[Si+2].O=[Si+2].[O-2].[O-2].[O-2].[O-2].[O-2].[O-2].[O-2].[O-2].[O-2].[O-2].[Si+4].[Ti+4]. The minimum atomic E-state index is 0. The van der Waals surface area contributed by atoms with E-state index in [0.717, 1.165) is 0 Å². The van der Waals surface area contributed by atoms with Crippen molar-refractivity contribution in [1.29, 1.82) is 0 Å². The van der Waals surface area contributed by atoms with Gasteiger partial charge in [-0.1, -0.05) is 0 Å². The summed E-state index contributed by atoms with van der Waals surface area (Å²) in [4.78, 5) is 0. The molecule has 0 aromatic rings. The van der Waals surface area contributed by atoms with Crippen LogP contribution in [0, 0.1) is 0 Å². The van der Waals surface area contributed by atoms with Crippen LogP contribution in [0.15, 0.2) is 0 Å². The summed E-state index contributed by atoms with van der Waals surface area (Å²) in [7, 11) is 10.3. The van der Waals surface area contributed by atoms with E-state index in [1.54, 1.807) is 60.8 Å².